The maximum atomic E-state index is 15.3. The second-order valence-electron chi connectivity index (χ2n) is 10.2. The Bertz CT molecular complexity index is 1970. The molecule has 0 spiro atoms. The first kappa shape index (κ1) is 31.7. The highest BCUT2D eigenvalue weighted by Gasteiger charge is 2.30. The number of ether oxygens (including phenoxy) is 1. The average Bonchev–Trinajstić information content (AvgIpc) is 3.55. The van der Waals surface area contributed by atoms with Gasteiger partial charge in [0.05, 0.1) is 16.1 Å². The third kappa shape index (κ3) is 6.94. The van der Waals surface area contributed by atoms with Gasteiger partial charge in [-0.05, 0) is 59.2 Å². The zero-order valence-electron chi connectivity index (χ0n) is 23.7. The van der Waals surface area contributed by atoms with Crippen molar-refractivity contribution in [3.8, 4) is 33.8 Å². The van der Waals surface area contributed by atoms with Crippen molar-refractivity contribution in [1.29, 1.82) is 0 Å². The Hall–Kier alpha value is -4.24. The molecule has 0 atom stereocenters. The smallest absolute Gasteiger partial charge is 0.416 e. The van der Waals surface area contributed by atoms with Gasteiger partial charge in [0, 0.05) is 49.4 Å². The van der Waals surface area contributed by atoms with Gasteiger partial charge in [0.25, 0.3) is 10.0 Å². The number of hydrogen-bond donors (Lipinski definition) is 2. The maximum Gasteiger partial charge on any atom is 0.416 e. The average molecular weight is 690 g/mol. The highest BCUT2D eigenvalue weighted by molar-refractivity contribution is 7.92. The van der Waals surface area contributed by atoms with Crippen molar-refractivity contribution in [3.63, 3.8) is 0 Å². The van der Waals surface area contributed by atoms with Gasteiger partial charge in [-0.1, -0.05) is 29.8 Å². The van der Waals surface area contributed by atoms with Crippen LogP contribution in [-0.4, -0.2) is 44.6 Å². The number of sulfonamides is 1. The summed E-state index contributed by atoms with van der Waals surface area (Å²) in [6, 6.07) is 15.2. The van der Waals surface area contributed by atoms with Crippen LogP contribution in [0.3, 0.4) is 0 Å². The number of alkyl halides is 3. The predicted molar refractivity (Wildman–Crippen MR) is 170 cm³/mol. The number of piperazine rings is 1. The van der Waals surface area contributed by atoms with E-state index in [1.165, 1.54) is 23.0 Å². The number of halogens is 5. The number of pyridine rings is 1. The van der Waals surface area contributed by atoms with E-state index in [0.29, 0.717) is 22.3 Å². The lowest BCUT2D eigenvalue weighted by atomic mass is 9.97. The van der Waals surface area contributed by atoms with Crippen LogP contribution in [0.1, 0.15) is 5.56 Å². The van der Waals surface area contributed by atoms with Crippen LogP contribution >= 0.6 is 22.9 Å². The molecule has 0 amide bonds. The van der Waals surface area contributed by atoms with Gasteiger partial charge in [-0.3, -0.25) is 4.72 Å². The summed E-state index contributed by atoms with van der Waals surface area (Å²) >= 11 is 7.59. The number of benzene rings is 3. The third-order valence-corrected chi connectivity index (χ3v) is 9.44. The zero-order valence-corrected chi connectivity index (χ0v) is 26.1. The summed E-state index contributed by atoms with van der Waals surface area (Å²) in [5.74, 6) is -0.250. The number of hydrogen-bond acceptors (Lipinski definition) is 8. The van der Waals surface area contributed by atoms with Crippen molar-refractivity contribution in [2.24, 2.45) is 0 Å². The van der Waals surface area contributed by atoms with E-state index in [2.05, 4.69) is 24.9 Å². The minimum Gasteiger partial charge on any atom is -0.455 e. The topological polar surface area (TPSA) is 96.5 Å². The number of thiazole rings is 1. The van der Waals surface area contributed by atoms with Crippen molar-refractivity contribution < 1.29 is 30.7 Å². The first-order chi connectivity index (χ1) is 22.0. The second-order valence-corrected chi connectivity index (χ2v) is 13.0. The van der Waals surface area contributed by atoms with Gasteiger partial charge in [0.2, 0.25) is 0 Å². The minimum absolute atomic E-state index is 0.0381. The number of rotatable bonds is 8. The zero-order chi connectivity index (χ0) is 32.5. The van der Waals surface area contributed by atoms with E-state index in [1.807, 2.05) is 6.07 Å². The van der Waals surface area contributed by atoms with Gasteiger partial charge in [0.15, 0.2) is 5.82 Å². The highest BCUT2D eigenvalue weighted by atomic mass is 35.5. The highest BCUT2D eigenvalue weighted by Crippen LogP contribution is 2.41. The fourth-order valence-corrected chi connectivity index (χ4v) is 6.81. The van der Waals surface area contributed by atoms with E-state index in [-0.39, 0.29) is 22.3 Å². The van der Waals surface area contributed by atoms with Crippen LogP contribution in [0.4, 0.5) is 29.2 Å². The number of anilines is 2. The van der Waals surface area contributed by atoms with Crippen molar-refractivity contribution >= 4 is 44.6 Å². The molecule has 1 fully saturated rings. The molecular formula is C31H24ClF4N5O3S2. The van der Waals surface area contributed by atoms with E-state index in [9.17, 15) is 21.6 Å². The van der Waals surface area contributed by atoms with Crippen LogP contribution in [0.15, 0.2) is 88.7 Å². The molecule has 0 aliphatic carbocycles. The van der Waals surface area contributed by atoms with Crippen LogP contribution in [0.5, 0.6) is 11.5 Å². The molecule has 2 N–H and O–H groups in total. The summed E-state index contributed by atoms with van der Waals surface area (Å²) in [7, 11) is -4.35. The van der Waals surface area contributed by atoms with Crippen LogP contribution in [0.25, 0.3) is 22.3 Å². The van der Waals surface area contributed by atoms with Crippen molar-refractivity contribution in [1.82, 2.24) is 15.3 Å². The first-order valence-electron chi connectivity index (χ1n) is 13.8. The van der Waals surface area contributed by atoms with Gasteiger partial charge in [-0.2, -0.15) is 13.2 Å². The predicted octanol–water partition coefficient (Wildman–Crippen LogP) is 7.69. The molecule has 0 bridgehead atoms. The SMILES string of the molecule is O=S(=O)(Nc1cscn1)c1cc(Cl)c(Oc2ccc(-c3ccc(C(F)(F)F)cc3)cc2-c2ccnc(N3CCNCC3)c2)cc1F. The number of nitrogens with one attached hydrogen (secondary N) is 2. The van der Waals surface area contributed by atoms with E-state index in [1.54, 1.807) is 30.5 Å². The summed E-state index contributed by atoms with van der Waals surface area (Å²) in [6.07, 6.45) is -2.83. The number of nitrogens with zero attached hydrogens (tertiary/aromatic N) is 3. The Kier molecular flexibility index (Phi) is 8.88. The summed E-state index contributed by atoms with van der Waals surface area (Å²) < 4.78 is 88.8. The van der Waals surface area contributed by atoms with E-state index in [0.717, 1.165) is 67.6 Å². The quantitative estimate of drug-likeness (QED) is 0.161. The molecular weight excluding hydrogens is 666 g/mol. The Balaban J connectivity index is 1.39. The molecule has 2 aromatic heterocycles. The Morgan fingerprint density at radius 3 is 2.35 bits per heavy atom. The Morgan fingerprint density at radius 1 is 0.913 bits per heavy atom. The lowest BCUT2D eigenvalue weighted by molar-refractivity contribution is -0.137. The monoisotopic (exact) mass is 689 g/mol. The molecule has 8 nitrogen and oxygen atoms in total. The molecule has 15 heteroatoms. The van der Waals surface area contributed by atoms with Crippen molar-refractivity contribution in [3.05, 3.63) is 100 Å². The maximum absolute atomic E-state index is 15.3. The molecule has 6 rings (SSSR count). The van der Waals surface area contributed by atoms with Crippen molar-refractivity contribution in [2.75, 3.05) is 35.8 Å². The van der Waals surface area contributed by atoms with Gasteiger partial charge in [-0.25, -0.2) is 22.8 Å². The van der Waals surface area contributed by atoms with E-state index < -0.39 is 32.5 Å². The molecule has 1 aliphatic heterocycles. The lowest BCUT2D eigenvalue weighted by Gasteiger charge is -2.28. The number of aromatic nitrogens is 2. The summed E-state index contributed by atoms with van der Waals surface area (Å²) in [4.78, 5) is 9.80. The van der Waals surface area contributed by atoms with E-state index in [4.69, 9.17) is 16.3 Å². The standard InChI is InChI=1S/C31H24ClF4N5O3S2/c32-24-15-28(46(42,43)40-29-17-45-18-39-29)25(33)16-27(24)44-26-6-3-20(19-1-4-22(5-2-19)31(34,35)36)13-23(26)21-7-8-38-30(14-21)41-11-9-37-10-12-41/h1-8,13-18,37,40H,9-12H2. The second kappa shape index (κ2) is 12.9. The van der Waals surface area contributed by atoms with Crippen LogP contribution < -0.4 is 19.7 Å². The van der Waals surface area contributed by atoms with Crippen molar-refractivity contribution in [2.45, 2.75) is 11.1 Å². The van der Waals surface area contributed by atoms with Crippen LogP contribution in [0.2, 0.25) is 5.02 Å². The summed E-state index contributed by atoms with van der Waals surface area (Å²) in [5.41, 5.74) is 2.99. The summed E-state index contributed by atoms with van der Waals surface area (Å²) in [5, 5.41) is 4.58. The van der Waals surface area contributed by atoms with Crippen LogP contribution in [-0.2, 0) is 16.2 Å². The molecule has 0 radical (unpaired) electrons. The first-order valence-corrected chi connectivity index (χ1v) is 16.6. The fourth-order valence-electron chi connectivity index (χ4n) is 4.90. The van der Waals surface area contributed by atoms with Gasteiger partial charge in [0.1, 0.15) is 28.0 Å². The normalized spacial score (nSPS) is 13.9. The molecule has 1 aliphatic rings. The Morgan fingerprint density at radius 2 is 1.65 bits per heavy atom. The summed E-state index contributed by atoms with van der Waals surface area (Å²) in [6.45, 7) is 3.07. The van der Waals surface area contributed by atoms with E-state index >= 15 is 4.39 Å². The van der Waals surface area contributed by atoms with Gasteiger partial charge < -0.3 is 15.0 Å². The molecule has 5 aromatic rings. The molecule has 1 saturated heterocycles. The Labute approximate surface area is 270 Å². The largest absolute Gasteiger partial charge is 0.455 e. The lowest BCUT2D eigenvalue weighted by Crippen LogP contribution is -2.43. The molecule has 0 unspecified atom stereocenters. The third-order valence-electron chi connectivity index (χ3n) is 7.19. The molecule has 46 heavy (non-hydrogen) atoms. The fraction of sp³-hybridized carbons (Fsp3) is 0.161. The molecule has 238 valence electrons. The molecule has 0 saturated carbocycles. The van der Waals surface area contributed by atoms with Crippen LogP contribution in [0, 0.1) is 5.82 Å². The van der Waals surface area contributed by atoms with Gasteiger partial charge >= 0.3 is 6.18 Å². The van der Waals surface area contributed by atoms with Gasteiger partial charge in [-0.15, -0.1) is 11.3 Å². The minimum atomic E-state index is -4.47. The molecule has 3 heterocycles. The molecule has 3 aromatic carbocycles.